The molecule has 0 saturated carbocycles. The summed E-state index contributed by atoms with van der Waals surface area (Å²) in [5.41, 5.74) is 11.1. The second-order valence-electron chi connectivity index (χ2n) is 8.06. The smallest absolute Gasteiger partial charge is 0.339 e. The Bertz CT molecular complexity index is 1390. The first-order valence-corrected chi connectivity index (χ1v) is 10.4. The monoisotopic (exact) mass is 445 g/mol. The molecule has 33 heavy (non-hydrogen) atoms. The summed E-state index contributed by atoms with van der Waals surface area (Å²) in [5.74, 6) is -1.19. The highest BCUT2D eigenvalue weighted by molar-refractivity contribution is 6.06. The number of methoxy groups -OCH3 is 1. The van der Waals surface area contributed by atoms with E-state index in [0.29, 0.717) is 16.8 Å². The van der Waals surface area contributed by atoms with Crippen LogP contribution < -0.4 is 10.5 Å². The van der Waals surface area contributed by atoms with E-state index in [1.54, 1.807) is 24.3 Å². The van der Waals surface area contributed by atoms with Gasteiger partial charge >= 0.3 is 5.97 Å². The molecule has 168 valence electrons. The van der Waals surface area contributed by atoms with Gasteiger partial charge in [0.25, 0.3) is 0 Å². The number of aromatic nitrogens is 1. The SMILES string of the molecule is COc1c(C(=O)O)cccc1-c1c(C(C)C)n(-c2ccc(F)cc2)c2cc(C=N)c(N)cc12. The van der Waals surface area contributed by atoms with Gasteiger partial charge in [-0.15, -0.1) is 0 Å². The number of halogens is 1. The van der Waals surface area contributed by atoms with Gasteiger partial charge in [0.2, 0.25) is 0 Å². The number of anilines is 1. The molecule has 4 rings (SSSR count). The standard InChI is InChI=1S/C26H24FN3O3/c1-14(2)24-23(18-5-4-6-19(26(31)32)25(18)33-3)20-12-21(29)15(13-28)11-22(20)30(24)17-9-7-16(27)8-10-17/h4-14,28H,29H2,1-3H3,(H,31,32). The van der Waals surface area contributed by atoms with Gasteiger partial charge in [-0.25, -0.2) is 9.18 Å². The summed E-state index contributed by atoms with van der Waals surface area (Å²) >= 11 is 0. The zero-order valence-corrected chi connectivity index (χ0v) is 18.5. The number of nitrogens with one attached hydrogen (secondary N) is 1. The highest BCUT2D eigenvalue weighted by Crippen LogP contribution is 2.45. The molecule has 3 aromatic carbocycles. The summed E-state index contributed by atoms with van der Waals surface area (Å²) in [5, 5.41) is 18.3. The van der Waals surface area contributed by atoms with E-state index in [1.165, 1.54) is 31.5 Å². The zero-order valence-electron chi connectivity index (χ0n) is 18.5. The van der Waals surface area contributed by atoms with Crippen molar-refractivity contribution in [3.05, 3.63) is 77.2 Å². The number of nitrogens with two attached hydrogens (primary N) is 1. The Morgan fingerprint density at radius 3 is 2.45 bits per heavy atom. The van der Waals surface area contributed by atoms with E-state index in [9.17, 15) is 14.3 Å². The second-order valence-corrected chi connectivity index (χ2v) is 8.06. The van der Waals surface area contributed by atoms with Crippen molar-refractivity contribution >= 4 is 28.8 Å². The fourth-order valence-corrected chi connectivity index (χ4v) is 4.33. The molecule has 6 nitrogen and oxygen atoms in total. The van der Waals surface area contributed by atoms with Gasteiger partial charge in [0.15, 0.2) is 0 Å². The van der Waals surface area contributed by atoms with Crippen molar-refractivity contribution in [3.8, 4) is 22.6 Å². The lowest BCUT2D eigenvalue weighted by molar-refractivity contribution is 0.0693. The van der Waals surface area contributed by atoms with Crippen molar-refractivity contribution in [1.82, 2.24) is 4.57 Å². The van der Waals surface area contributed by atoms with Crippen LogP contribution in [-0.4, -0.2) is 29.0 Å². The van der Waals surface area contributed by atoms with Crippen molar-refractivity contribution in [2.75, 3.05) is 12.8 Å². The number of aromatic carboxylic acids is 1. The van der Waals surface area contributed by atoms with Crippen LogP contribution in [0, 0.1) is 11.2 Å². The number of fused-ring (bicyclic) bond motifs is 1. The minimum atomic E-state index is -1.09. The summed E-state index contributed by atoms with van der Waals surface area (Å²) in [7, 11) is 1.45. The van der Waals surface area contributed by atoms with Crippen LogP contribution in [0.5, 0.6) is 5.75 Å². The van der Waals surface area contributed by atoms with Crippen molar-refractivity contribution in [3.63, 3.8) is 0 Å². The van der Waals surface area contributed by atoms with Crippen molar-refractivity contribution in [2.45, 2.75) is 19.8 Å². The van der Waals surface area contributed by atoms with Crippen LogP contribution in [0.1, 0.15) is 41.4 Å². The number of carboxylic acids is 1. The van der Waals surface area contributed by atoms with E-state index in [0.717, 1.165) is 27.8 Å². The molecule has 0 fully saturated rings. The van der Waals surface area contributed by atoms with Gasteiger partial charge < -0.3 is 25.6 Å². The number of ether oxygens (including phenoxy) is 1. The van der Waals surface area contributed by atoms with E-state index in [-0.39, 0.29) is 23.0 Å². The molecule has 0 atom stereocenters. The van der Waals surface area contributed by atoms with Crippen LogP contribution in [-0.2, 0) is 0 Å². The van der Waals surface area contributed by atoms with Crippen molar-refractivity contribution in [2.24, 2.45) is 0 Å². The van der Waals surface area contributed by atoms with E-state index in [2.05, 4.69) is 0 Å². The summed E-state index contributed by atoms with van der Waals surface area (Å²) in [6.07, 6.45) is 1.19. The normalized spacial score (nSPS) is 11.2. The Kier molecular flexibility index (Phi) is 5.64. The molecule has 0 bridgehead atoms. The Hall–Kier alpha value is -4.13. The average molecular weight is 445 g/mol. The summed E-state index contributed by atoms with van der Waals surface area (Å²) < 4.78 is 21.3. The van der Waals surface area contributed by atoms with E-state index in [1.807, 2.05) is 30.5 Å². The van der Waals surface area contributed by atoms with Gasteiger partial charge in [-0.05, 0) is 48.4 Å². The Morgan fingerprint density at radius 2 is 1.88 bits per heavy atom. The molecule has 0 unspecified atom stereocenters. The Labute approximate surface area is 190 Å². The molecule has 0 radical (unpaired) electrons. The van der Waals surface area contributed by atoms with Crippen molar-refractivity contribution in [1.29, 1.82) is 5.41 Å². The maximum Gasteiger partial charge on any atom is 0.339 e. The third-order valence-corrected chi connectivity index (χ3v) is 5.71. The fourth-order valence-electron chi connectivity index (χ4n) is 4.33. The zero-order chi connectivity index (χ0) is 23.9. The molecule has 7 heteroatoms. The van der Waals surface area contributed by atoms with Gasteiger partial charge in [0, 0.05) is 45.4 Å². The minimum absolute atomic E-state index is 0.000277. The molecular formula is C26H24FN3O3. The average Bonchev–Trinajstić information content (AvgIpc) is 3.12. The third kappa shape index (κ3) is 3.61. The van der Waals surface area contributed by atoms with Crippen LogP contribution in [0.25, 0.3) is 27.7 Å². The number of hydrogen-bond acceptors (Lipinski definition) is 4. The van der Waals surface area contributed by atoms with Crippen LogP contribution in [0.3, 0.4) is 0 Å². The van der Waals surface area contributed by atoms with Crippen LogP contribution in [0.4, 0.5) is 10.1 Å². The predicted octanol–water partition coefficient (Wildman–Crippen LogP) is 5.85. The lowest BCUT2D eigenvalue weighted by atomic mass is 9.94. The molecule has 0 spiro atoms. The molecule has 1 heterocycles. The number of nitrogens with zero attached hydrogens (tertiary/aromatic N) is 1. The Morgan fingerprint density at radius 1 is 1.18 bits per heavy atom. The highest BCUT2D eigenvalue weighted by atomic mass is 19.1. The highest BCUT2D eigenvalue weighted by Gasteiger charge is 2.26. The molecule has 4 N–H and O–H groups in total. The first-order chi connectivity index (χ1) is 15.8. The maximum absolute atomic E-state index is 13.7. The Balaban J connectivity index is 2.23. The van der Waals surface area contributed by atoms with E-state index in [4.69, 9.17) is 15.9 Å². The molecular weight excluding hydrogens is 421 g/mol. The number of para-hydroxylation sites is 1. The molecule has 0 aliphatic carbocycles. The predicted molar refractivity (Wildman–Crippen MR) is 129 cm³/mol. The molecule has 4 aromatic rings. The molecule has 0 aliphatic heterocycles. The van der Waals surface area contributed by atoms with Gasteiger partial charge in [0.1, 0.15) is 17.1 Å². The number of carboxylic acid groups (broad SMARTS) is 1. The number of benzene rings is 3. The number of hydrogen-bond donors (Lipinski definition) is 3. The van der Waals surface area contributed by atoms with Gasteiger partial charge in [-0.1, -0.05) is 26.0 Å². The maximum atomic E-state index is 13.7. The van der Waals surface area contributed by atoms with Crippen LogP contribution in [0.15, 0.2) is 54.6 Å². The molecule has 0 aliphatic rings. The van der Waals surface area contributed by atoms with E-state index < -0.39 is 5.97 Å². The number of carbonyl (C=O) groups is 1. The lowest BCUT2D eigenvalue weighted by Gasteiger charge is -2.17. The summed E-state index contributed by atoms with van der Waals surface area (Å²) in [4.78, 5) is 11.9. The molecule has 0 saturated heterocycles. The van der Waals surface area contributed by atoms with Crippen LogP contribution in [0.2, 0.25) is 0 Å². The lowest BCUT2D eigenvalue weighted by Crippen LogP contribution is -2.05. The van der Waals surface area contributed by atoms with Gasteiger partial charge in [-0.3, -0.25) is 0 Å². The number of nitrogen functional groups attached to an aromatic ring is 1. The minimum Gasteiger partial charge on any atom is -0.495 e. The fraction of sp³-hybridized carbons (Fsp3) is 0.154. The third-order valence-electron chi connectivity index (χ3n) is 5.71. The topological polar surface area (TPSA) is 101 Å². The number of rotatable bonds is 6. The second kappa shape index (κ2) is 8.43. The molecule has 1 aromatic heterocycles. The van der Waals surface area contributed by atoms with Crippen molar-refractivity contribution < 1.29 is 19.0 Å². The van der Waals surface area contributed by atoms with E-state index >= 15 is 0 Å². The quantitative estimate of drug-likeness (QED) is 0.256. The summed E-state index contributed by atoms with van der Waals surface area (Å²) in [6, 6.07) is 14.8. The van der Waals surface area contributed by atoms with Crippen LogP contribution >= 0.6 is 0 Å². The molecule has 0 amide bonds. The van der Waals surface area contributed by atoms with Gasteiger partial charge in [0.05, 0.1) is 12.6 Å². The first kappa shape index (κ1) is 22.1. The first-order valence-electron chi connectivity index (χ1n) is 10.4. The van der Waals surface area contributed by atoms with Gasteiger partial charge in [-0.2, -0.15) is 0 Å². The summed E-state index contributed by atoms with van der Waals surface area (Å²) in [6.45, 7) is 4.07. The largest absolute Gasteiger partial charge is 0.495 e.